The number of carbonyl (C=O) groups is 1. The van der Waals surface area contributed by atoms with E-state index in [9.17, 15) is 22.4 Å². The number of Topliss-reactive ketones (excluding diaryl/α,β-unsaturated/α-hetero) is 1. The van der Waals surface area contributed by atoms with Crippen LogP contribution in [0.5, 0.6) is 11.5 Å². The Morgan fingerprint density at radius 1 is 0.702 bits per heavy atom. The standard InChI is InChI=1S/C26H23F2NO2.C18H17F2NO.BBr3/c1-31-22-9-5-8-20(14-22)25-15-19(23-16-21(27)10-11-24(23)28)12-13-29(25)17-26(30)18-6-3-2-4-7-18;1-22-15-4-2-3-13(9-15)18-10-12(7-8-21-18)16-11-14(19)5-6-17(16)20;2-1(3)4/h2-11,14-16,25H,12-13,17H2,1H3;2-6,9-11,18,21H,7-8H2,1H3;. The zero-order valence-corrected chi connectivity index (χ0v) is 36.0. The third-order valence-electron chi connectivity index (χ3n) is 9.43. The van der Waals surface area contributed by atoms with E-state index in [1.807, 2.05) is 78.9 Å². The van der Waals surface area contributed by atoms with Crippen LogP contribution in [0.15, 0.2) is 127 Å². The van der Waals surface area contributed by atoms with Gasteiger partial charge in [0.2, 0.25) is 0 Å². The number of hydrogen-bond acceptors (Lipinski definition) is 5. The predicted molar refractivity (Wildman–Crippen MR) is 232 cm³/mol. The van der Waals surface area contributed by atoms with Gasteiger partial charge in [-0.05, 0) is 95.8 Å². The van der Waals surface area contributed by atoms with E-state index < -0.39 is 17.5 Å². The topological polar surface area (TPSA) is 50.8 Å². The average Bonchev–Trinajstić information content (AvgIpc) is 3.23. The van der Waals surface area contributed by atoms with E-state index in [-0.39, 0.29) is 39.0 Å². The molecular weight excluding hydrogens is 931 g/mol. The normalized spacial score (nSPS) is 16.4. The van der Waals surface area contributed by atoms with E-state index in [4.69, 9.17) is 9.47 Å². The van der Waals surface area contributed by atoms with Crippen LogP contribution in [0.25, 0.3) is 11.1 Å². The number of ketones is 1. The van der Waals surface area contributed by atoms with Gasteiger partial charge in [-0.25, -0.2) is 17.6 Å². The first-order valence-corrected chi connectivity index (χ1v) is 20.8. The molecule has 13 heteroatoms. The van der Waals surface area contributed by atoms with E-state index in [1.165, 1.54) is 18.2 Å². The summed E-state index contributed by atoms with van der Waals surface area (Å²) in [6.45, 7) is 1.48. The summed E-state index contributed by atoms with van der Waals surface area (Å²) < 4.78 is 66.4. The predicted octanol–water partition coefficient (Wildman–Crippen LogP) is 11.9. The largest absolute Gasteiger partial charge is 0.497 e. The van der Waals surface area contributed by atoms with Crippen molar-refractivity contribution < 1.29 is 31.8 Å². The van der Waals surface area contributed by atoms with Gasteiger partial charge in [0, 0.05) is 29.8 Å². The summed E-state index contributed by atoms with van der Waals surface area (Å²) in [6, 6.07) is 31.2. The van der Waals surface area contributed by atoms with Crippen LogP contribution in [0.4, 0.5) is 17.6 Å². The van der Waals surface area contributed by atoms with Gasteiger partial charge in [-0.15, -0.1) is 47.3 Å². The van der Waals surface area contributed by atoms with Crippen LogP contribution in [0, 0.1) is 23.3 Å². The van der Waals surface area contributed by atoms with Gasteiger partial charge in [0.25, 0.3) is 0 Å². The lowest BCUT2D eigenvalue weighted by molar-refractivity contribution is 0.0908. The molecule has 0 spiro atoms. The second-order valence-corrected chi connectivity index (χ2v) is 19.5. The van der Waals surface area contributed by atoms with Crippen molar-refractivity contribution in [3.63, 3.8) is 0 Å². The lowest BCUT2D eigenvalue weighted by Gasteiger charge is -2.34. The Balaban J connectivity index is 0.000000208. The molecule has 0 bridgehead atoms. The molecule has 2 atom stereocenters. The Labute approximate surface area is 356 Å². The summed E-state index contributed by atoms with van der Waals surface area (Å²) in [5, 5.41) is 3.37. The SMILES string of the molecule is BrB(Br)Br.COc1cccc(C2C=C(c3cc(F)ccc3F)CCN2)c1.COc1cccc(C2C=C(c3cc(F)ccc3F)CCN2CC(=O)c2ccccc2)c1. The number of carbonyl (C=O) groups excluding carboxylic acids is 1. The Bertz CT molecular complexity index is 2190. The summed E-state index contributed by atoms with van der Waals surface area (Å²) >= 11 is 9.31. The fraction of sp³-hybridized carbons (Fsp3) is 0.205. The van der Waals surface area contributed by atoms with Crippen molar-refractivity contribution in [2.45, 2.75) is 24.9 Å². The Morgan fingerprint density at radius 3 is 1.82 bits per heavy atom. The number of rotatable bonds is 9. The number of benzene rings is 5. The van der Waals surface area contributed by atoms with Crippen molar-refractivity contribution in [2.24, 2.45) is 0 Å². The fourth-order valence-corrected chi connectivity index (χ4v) is 6.68. The Morgan fingerprint density at radius 2 is 1.25 bits per heavy atom. The smallest absolute Gasteiger partial charge is 0.369 e. The van der Waals surface area contributed by atoms with Gasteiger partial charge in [-0.2, -0.15) is 0 Å². The van der Waals surface area contributed by atoms with E-state index >= 15 is 0 Å². The van der Waals surface area contributed by atoms with Gasteiger partial charge in [0.1, 0.15) is 34.8 Å². The molecular formula is C44H40BBr3F4N2O3. The van der Waals surface area contributed by atoms with Crippen molar-refractivity contribution in [1.29, 1.82) is 0 Å². The van der Waals surface area contributed by atoms with Gasteiger partial charge in [0.15, 0.2) is 5.78 Å². The Kier molecular flexibility index (Phi) is 16.8. The summed E-state index contributed by atoms with van der Waals surface area (Å²) in [4.78, 5) is 14.9. The van der Waals surface area contributed by atoms with E-state index in [0.29, 0.717) is 42.8 Å². The molecule has 2 unspecified atom stereocenters. The number of ether oxygens (including phenoxy) is 2. The third-order valence-corrected chi connectivity index (χ3v) is 9.43. The van der Waals surface area contributed by atoms with Crippen LogP contribution in [-0.4, -0.2) is 47.7 Å². The van der Waals surface area contributed by atoms with Gasteiger partial charge in [-0.1, -0.05) is 66.7 Å². The molecule has 2 heterocycles. The molecule has 2 aliphatic rings. The maximum atomic E-state index is 14.4. The highest BCUT2D eigenvalue weighted by atomic mass is 79.9. The lowest BCUT2D eigenvalue weighted by Crippen LogP contribution is -2.36. The summed E-state index contributed by atoms with van der Waals surface area (Å²) in [7, 11) is 3.22. The molecule has 0 saturated carbocycles. The summed E-state index contributed by atoms with van der Waals surface area (Å²) in [5.74, 6) is -0.251. The van der Waals surface area contributed by atoms with Gasteiger partial charge in [0.05, 0.1) is 32.8 Å². The maximum Gasteiger partial charge on any atom is 0.369 e. The van der Waals surface area contributed by atoms with E-state index in [2.05, 4.69) is 57.5 Å². The fourth-order valence-electron chi connectivity index (χ4n) is 6.68. The molecule has 2 aliphatic heterocycles. The second-order valence-electron chi connectivity index (χ2n) is 13.1. The molecule has 57 heavy (non-hydrogen) atoms. The van der Waals surface area contributed by atoms with Crippen LogP contribution >= 0.6 is 47.3 Å². The minimum Gasteiger partial charge on any atom is -0.497 e. The number of nitrogens with zero attached hydrogens (tertiary/aromatic N) is 1. The zero-order chi connectivity index (χ0) is 40.9. The molecule has 0 aliphatic carbocycles. The first-order chi connectivity index (χ1) is 27.4. The molecule has 7 rings (SSSR count). The molecule has 0 radical (unpaired) electrons. The van der Waals surface area contributed by atoms with Crippen LogP contribution in [0.1, 0.15) is 57.5 Å². The van der Waals surface area contributed by atoms with E-state index in [1.54, 1.807) is 26.4 Å². The molecule has 0 saturated heterocycles. The maximum absolute atomic E-state index is 14.4. The number of nitrogens with one attached hydrogen (secondary N) is 1. The first-order valence-electron chi connectivity index (χ1n) is 18.0. The van der Waals surface area contributed by atoms with E-state index in [0.717, 1.165) is 46.2 Å². The van der Waals surface area contributed by atoms with Crippen LogP contribution in [-0.2, 0) is 0 Å². The van der Waals surface area contributed by atoms with Gasteiger partial charge in [-0.3, -0.25) is 9.69 Å². The monoisotopic (exact) mass is 968 g/mol. The van der Waals surface area contributed by atoms with Crippen molar-refractivity contribution in [2.75, 3.05) is 33.9 Å². The quantitative estimate of drug-likeness (QED) is 0.0906. The highest BCUT2D eigenvalue weighted by Crippen LogP contribution is 2.36. The number of hydrogen-bond donors (Lipinski definition) is 1. The third kappa shape index (κ3) is 12.7. The van der Waals surface area contributed by atoms with Crippen LogP contribution in [0.2, 0.25) is 0 Å². The molecule has 0 aromatic heterocycles. The molecule has 1 N–H and O–H groups in total. The number of methoxy groups -OCH3 is 2. The lowest BCUT2D eigenvalue weighted by atomic mass is 9.91. The summed E-state index contributed by atoms with van der Waals surface area (Å²) in [6.07, 6.45) is 5.06. The molecule has 0 fully saturated rings. The highest BCUT2D eigenvalue weighted by Gasteiger charge is 2.28. The zero-order valence-electron chi connectivity index (χ0n) is 31.2. The minimum absolute atomic E-state index is 0.0160. The molecule has 296 valence electrons. The van der Waals surface area contributed by atoms with Gasteiger partial charge >= 0.3 is 3.18 Å². The van der Waals surface area contributed by atoms with Crippen LogP contribution < -0.4 is 14.8 Å². The summed E-state index contributed by atoms with van der Waals surface area (Å²) in [5.41, 5.74) is 4.77. The second kappa shape index (κ2) is 21.7. The van der Waals surface area contributed by atoms with Gasteiger partial charge < -0.3 is 14.8 Å². The van der Waals surface area contributed by atoms with Crippen molar-refractivity contribution in [1.82, 2.24) is 10.2 Å². The average molecular weight is 971 g/mol. The molecule has 5 aromatic carbocycles. The van der Waals surface area contributed by atoms with Crippen LogP contribution in [0.3, 0.4) is 0 Å². The molecule has 0 amide bonds. The first kappa shape index (κ1) is 44.1. The number of halogens is 7. The Hall–Kier alpha value is -4.01. The van der Waals surface area contributed by atoms with Crippen molar-refractivity contribution in [3.8, 4) is 11.5 Å². The van der Waals surface area contributed by atoms with Crippen molar-refractivity contribution in [3.05, 3.63) is 178 Å². The highest BCUT2D eigenvalue weighted by molar-refractivity contribution is 9.69. The molecule has 5 aromatic rings. The minimum atomic E-state index is -0.475. The molecule has 5 nitrogen and oxygen atoms in total. The van der Waals surface area contributed by atoms with Crippen molar-refractivity contribution >= 4 is 67.4 Å².